The molecule has 5 nitrogen and oxygen atoms in total. The van der Waals surface area contributed by atoms with Crippen molar-refractivity contribution in [1.29, 1.82) is 0 Å². The minimum atomic E-state index is -4.53. The smallest absolute Gasteiger partial charge is 0.398 e. The molecule has 6 N–H and O–H groups in total. The molecule has 2 unspecified atom stereocenters. The number of nitrogens with two attached hydrogens (primary N) is 3. The number of nitrogen functional groups attached to an aromatic ring is 1. The van der Waals surface area contributed by atoms with Gasteiger partial charge in [-0.25, -0.2) is 8.42 Å². The van der Waals surface area contributed by atoms with Crippen LogP contribution in [0.5, 0.6) is 0 Å². The molecular weight excluding hydrogens is 283 g/mol. The summed E-state index contributed by atoms with van der Waals surface area (Å²) in [6, 6.07) is 1.32. The minimum Gasteiger partial charge on any atom is -0.398 e. The lowest BCUT2D eigenvalue weighted by molar-refractivity contribution is -0.137. The Morgan fingerprint density at radius 1 is 1.21 bits per heavy atom. The van der Waals surface area contributed by atoms with Gasteiger partial charge in [0, 0.05) is 11.9 Å². The van der Waals surface area contributed by atoms with Crippen LogP contribution in [0.25, 0.3) is 0 Å². The summed E-state index contributed by atoms with van der Waals surface area (Å²) < 4.78 is 59.8. The van der Waals surface area contributed by atoms with Crippen molar-refractivity contribution >= 4 is 15.5 Å². The number of anilines is 1. The average molecular weight is 297 g/mol. The summed E-state index contributed by atoms with van der Waals surface area (Å²) in [4.78, 5) is 0. The van der Waals surface area contributed by atoms with Crippen molar-refractivity contribution in [2.75, 3.05) is 12.0 Å². The van der Waals surface area contributed by atoms with Crippen molar-refractivity contribution < 1.29 is 21.6 Å². The van der Waals surface area contributed by atoms with E-state index in [2.05, 4.69) is 0 Å². The number of hydrogen-bond donors (Lipinski definition) is 3. The van der Waals surface area contributed by atoms with Gasteiger partial charge in [0.25, 0.3) is 0 Å². The first kappa shape index (κ1) is 15.7. The standard InChI is InChI=1S/C10H14F3N3O2S/c1-19(17,18)9(16)8(15)6-3-2-5(4-7(6)14)10(11,12)13/h2-4,8-9H,14-16H2,1H3. The van der Waals surface area contributed by atoms with E-state index in [0.29, 0.717) is 6.07 Å². The zero-order valence-corrected chi connectivity index (χ0v) is 10.8. The highest BCUT2D eigenvalue weighted by Gasteiger charge is 2.32. The predicted molar refractivity (Wildman–Crippen MR) is 65.6 cm³/mol. The highest BCUT2D eigenvalue weighted by atomic mass is 32.2. The fraction of sp³-hybridized carbons (Fsp3) is 0.400. The van der Waals surface area contributed by atoms with Crippen molar-refractivity contribution in [3.63, 3.8) is 0 Å². The number of halogens is 3. The zero-order valence-electron chi connectivity index (χ0n) is 9.98. The molecule has 0 heterocycles. The van der Waals surface area contributed by atoms with Gasteiger partial charge in [0.15, 0.2) is 9.84 Å². The van der Waals surface area contributed by atoms with Crippen molar-refractivity contribution in [2.45, 2.75) is 17.6 Å². The third kappa shape index (κ3) is 3.58. The van der Waals surface area contributed by atoms with Gasteiger partial charge >= 0.3 is 6.18 Å². The van der Waals surface area contributed by atoms with E-state index in [4.69, 9.17) is 17.2 Å². The van der Waals surface area contributed by atoms with Crippen LogP contribution in [0.3, 0.4) is 0 Å². The second-order valence-electron chi connectivity index (χ2n) is 4.16. The van der Waals surface area contributed by atoms with Crippen LogP contribution in [-0.4, -0.2) is 20.0 Å². The van der Waals surface area contributed by atoms with Gasteiger partial charge in [-0.1, -0.05) is 6.07 Å². The molecule has 0 aliphatic rings. The molecule has 0 saturated heterocycles. The molecule has 0 aliphatic carbocycles. The van der Waals surface area contributed by atoms with E-state index in [1.807, 2.05) is 0 Å². The summed E-state index contributed by atoms with van der Waals surface area (Å²) in [6.07, 6.45) is -3.65. The van der Waals surface area contributed by atoms with Crippen LogP contribution in [0.2, 0.25) is 0 Å². The fourth-order valence-electron chi connectivity index (χ4n) is 1.50. The van der Waals surface area contributed by atoms with E-state index >= 15 is 0 Å². The molecule has 0 amide bonds. The first-order valence-electron chi connectivity index (χ1n) is 5.11. The molecule has 0 saturated carbocycles. The molecule has 0 radical (unpaired) electrons. The average Bonchev–Trinajstić information content (AvgIpc) is 2.24. The molecule has 0 aromatic heterocycles. The Morgan fingerprint density at radius 3 is 2.11 bits per heavy atom. The largest absolute Gasteiger partial charge is 0.416 e. The molecule has 1 aromatic rings. The van der Waals surface area contributed by atoms with Crippen molar-refractivity contribution in [1.82, 2.24) is 0 Å². The molecule has 1 rings (SSSR count). The van der Waals surface area contributed by atoms with E-state index in [1.54, 1.807) is 0 Å². The topological polar surface area (TPSA) is 112 Å². The number of hydrogen-bond acceptors (Lipinski definition) is 5. The van der Waals surface area contributed by atoms with Crippen LogP contribution in [0, 0.1) is 0 Å². The van der Waals surface area contributed by atoms with E-state index in [-0.39, 0.29) is 11.3 Å². The van der Waals surface area contributed by atoms with Gasteiger partial charge in [-0.3, -0.25) is 0 Å². The third-order valence-electron chi connectivity index (χ3n) is 2.62. The number of rotatable bonds is 3. The second-order valence-corrected chi connectivity index (χ2v) is 6.36. The Labute approximate surface area is 108 Å². The van der Waals surface area contributed by atoms with Gasteiger partial charge in [0.2, 0.25) is 0 Å². The van der Waals surface area contributed by atoms with Crippen LogP contribution in [0.1, 0.15) is 17.2 Å². The molecule has 0 aliphatic heterocycles. The lowest BCUT2D eigenvalue weighted by Gasteiger charge is -2.21. The summed E-state index contributed by atoms with van der Waals surface area (Å²) in [5.41, 5.74) is 15.4. The van der Waals surface area contributed by atoms with E-state index in [1.165, 1.54) is 0 Å². The Morgan fingerprint density at radius 2 is 1.74 bits per heavy atom. The number of benzene rings is 1. The van der Waals surface area contributed by atoms with Crippen molar-refractivity contribution in [2.24, 2.45) is 11.5 Å². The van der Waals surface area contributed by atoms with Gasteiger partial charge in [0.05, 0.1) is 11.6 Å². The first-order valence-corrected chi connectivity index (χ1v) is 7.06. The quantitative estimate of drug-likeness (QED) is 0.708. The third-order valence-corrected chi connectivity index (χ3v) is 3.90. The summed E-state index contributed by atoms with van der Waals surface area (Å²) in [7, 11) is -3.63. The van der Waals surface area contributed by atoms with Crippen LogP contribution < -0.4 is 17.2 Å². The van der Waals surface area contributed by atoms with Crippen LogP contribution >= 0.6 is 0 Å². The van der Waals surface area contributed by atoms with Gasteiger partial charge in [0.1, 0.15) is 5.37 Å². The summed E-state index contributed by atoms with van der Waals surface area (Å²) in [5, 5.41) is -1.44. The monoisotopic (exact) mass is 297 g/mol. The predicted octanol–water partition coefficient (Wildman–Crippen LogP) is 0.617. The molecule has 19 heavy (non-hydrogen) atoms. The number of sulfone groups is 1. The molecule has 108 valence electrons. The lowest BCUT2D eigenvalue weighted by atomic mass is 10.0. The zero-order chi connectivity index (χ0) is 15.0. The maximum Gasteiger partial charge on any atom is 0.416 e. The summed E-state index contributed by atoms with van der Waals surface area (Å²) in [5.74, 6) is 0. The van der Waals surface area contributed by atoms with Crippen molar-refractivity contribution in [3.05, 3.63) is 29.3 Å². The molecule has 0 fully saturated rings. The van der Waals surface area contributed by atoms with E-state index in [9.17, 15) is 21.6 Å². The first-order chi connectivity index (χ1) is 8.44. The molecule has 0 spiro atoms. The van der Waals surface area contributed by atoms with Crippen LogP contribution in [0.4, 0.5) is 18.9 Å². The van der Waals surface area contributed by atoms with Gasteiger partial charge in [-0.2, -0.15) is 13.2 Å². The van der Waals surface area contributed by atoms with Crippen LogP contribution in [-0.2, 0) is 16.0 Å². The summed E-state index contributed by atoms with van der Waals surface area (Å²) in [6.45, 7) is 0. The Hall–Kier alpha value is -1.32. The van der Waals surface area contributed by atoms with E-state index in [0.717, 1.165) is 18.4 Å². The minimum absolute atomic E-state index is 0.0610. The maximum atomic E-state index is 12.4. The molecule has 1 aromatic carbocycles. The molecule has 9 heteroatoms. The fourth-order valence-corrected chi connectivity index (χ4v) is 2.18. The maximum absolute atomic E-state index is 12.4. The highest BCUT2D eigenvalue weighted by Crippen LogP contribution is 2.33. The molecule has 0 bridgehead atoms. The Balaban J connectivity index is 3.17. The summed E-state index contributed by atoms with van der Waals surface area (Å²) >= 11 is 0. The van der Waals surface area contributed by atoms with Gasteiger partial charge < -0.3 is 17.2 Å². The van der Waals surface area contributed by atoms with E-state index < -0.39 is 33.0 Å². The lowest BCUT2D eigenvalue weighted by Crippen LogP contribution is -2.40. The molecule has 2 atom stereocenters. The normalized spacial score (nSPS) is 16.1. The Kier molecular flexibility index (Phi) is 4.13. The van der Waals surface area contributed by atoms with Crippen molar-refractivity contribution in [3.8, 4) is 0 Å². The second kappa shape index (κ2) is 4.99. The SMILES string of the molecule is CS(=O)(=O)C(N)C(N)c1ccc(C(F)(F)F)cc1N. The van der Waals surface area contributed by atoms with Gasteiger partial charge in [-0.15, -0.1) is 0 Å². The van der Waals surface area contributed by atoms with Gasteiger partial charge in [-0.05, 0) is 17.7 Å². The molecular formula is C10H14F3N3O2S. The number of alkyl halides is 3. The Bertz CT molecular complexity index is 572. The van der Waals surface area contributed by atoms with Crippen LogP contribution in [0.15, 0.2) is 18.2 Å². The highest BCUT2D eigenvalue weighted by molar-refractivity contribution is 7.91.